The van der Waals surface area contributed by atoms with E-state index >= 15 is 0 Å². The van der Waals surface area contributed by atoms with Crippen LogP contribution in [0.4, 0.5) is 11.4 Å². The van der Waals surface area contributed by atoms with Gasteiger partial charge in [-0.25, -0.2) is 0 Å². The van der Waals surface area contributed by atoms with Gasteiger partial charge in [0.1, 0.15) is 5.69 Å². The van der Waals surface area contributed by atoms with E-state index in [-0.39, 0.29) is 30.0 Å². The number of nitro benzene ring substituents is 1. The maximum Gasteiger partial charge on any atom is 0.292 e. The molecular formula is C20H30N4O4. The van der Waals surface area contributed by atoms with Gasteiger partial charge in [-0.2, -0.15) is 0 Å². The Hall–Kier alpha value is -2.64. The van der Waals surface area contributed by atoms with Crippen LogP contribution >= 0.6 is 0 Å². The Bertz CT molecular complexity index is 680. The maximum absolute atomic E-state index is 12.5. The van der Waals surface area contributed by atoms with Gasteiger partial charge in [0.15, 0.2) is 0 Å². The topological polar surface area (TPSA) is 105 Å². The fourth-order valence-electron chi connectivity index (χ4n) is 3.39. The van der Waals surface area contributed by atoms with E-state index in [1.807, 2.05) is 0 Å². The molecule has 1 unspecified atom stereocenters. The highest BCUT2D eigenvalue weighted by Gasteiger charge is 2.28. The van der Waals surface area contributed by atoms with Crippen LogP contribution in [0.3, 0.4) is 0 Å². The zero-order chi connectivity index (χ0) is 20.4. The molecule has 0 aromatic heterocycles. The Morgan fingerprint density at radius 1 is 1.25 bits per heavy atom. The second-order valence-corrected chi connectivity index (χ2v) is 7.16. The van der Waals surface area contributed by atoms with Crippen LogP contribution < -0.4 is 10.6 Å². The molecule has 1 heterocycles. The van der Waals surface area contributed by atoms with E-state index < -0.39 is 4.92 Å². The maximum atomic E-state index is 12.5. The van der Waals surface area contributed by atoms with Gasteiger partial charge in [-0.05, 0) is 25.3 Å². The number of unbranched alkanes of at least 4 members (excludes halogenated alkanes) is 3. The largest absolute Gasteiger partial charge is 0.371 e. The Kier molecular flexibility index (Phi) is 8.71. The minimum Gasteiger partial charge on any atom is -0.371 e. The quantitative estimate of drug-likeness (QED) is 0.363. The molecule has 8 heteroatoms. The van der Waals surface area contributed by atoms with Crippen molar-refractivity contribution in [3.63, 3.8) is 0 Å². The third-order valence-corrected chi connectivity index (χ3v) is 5.01. The molecule has 2 amide bonds. The fourth-order valence-corrected chi connectivity index (χ4v) is 3.39. The van der Waals surface area contributed by atoms with Gasteiger partial charge in [-0.3, -0.25) is 19.7 Å². The van der Waals surface area contributed by atoms with Crippen molar-refractivity contribution >= 4 is 23.2 Å². The molecule has 1 aliphatic rings. The van der Waals surface area contributed by atoms with Gasteiger partial charge in [-0.1, -0.05) is 38.3 Å². The lowest BCUT2D eigenvalue weighted by molar-refractivity contribution is -0.383. The first-order chi connectivity index (χ1) is 13.5. The number of piperidine rings is 1. The molecule has 1 aromatic carbocycles. The summed E-state index contributed by atoms with van der Waals surface area (Å²) in [6.45, 7) is 3.81. The monoisotopic (exact) mass is 390 g/mol. The molecular weight excluding hydrogens is 360 g/mol. The summed E-state index contributed by atoms with van der Waals surface area (Å²) in [4.78, 5) is 37.1. The minimum atomic E-state index is -0.478. The van der Waals surface area contributed by atoms with E-state index in [2.05, 4.69) is 17.6 Å². The molecule has 2 N–H and O–H groups in total. The van der Waals surface area contributed by atoms with Gasteiger partial charge >= 0.3 is 0 Å². The summed E-state index contributed by atoms with van der Waals surface area (Å²) in [5, 5.41) is 16.9. The Balaban J connectivity index is 1.80. The number of carbonyl (C=O) groups excluding carboxylic acids is 2. The summed E-state index contributed by atoms with van der Waals surface area (Å²) in [7, 11) is 0. The van der Waals surface area contributed by atoms with E-state index in [9.17, 15) is 19.7 Å². The molecule has 0 saturated carbocycles. The number of amides is 2. The van der Waals surface area contributed by atoms with E-state index in [1.165, 1.54) is 12.5 Å². The van der Waals surface area contributed by atoms with Crippen LogP contribution in [0, 0.1) is 16.0 Å². The number of hydrogen-bond acceptors (Lipinski definition) is 5. The van der Waals surface area contributed by atoms with Crippen molar-refractivity contribution in [3.05, 3.63) is 34.4 Å². The first kappa shape index (κ1) is 21.7. The summed E-state index contributed by atoms with van der Waals surface area (Å²) >= 11 is 0. The van der Waals surface area contributed by atoms with Crippen LogP contribution in [0.1, 0.15) is 45.4 Å². The van der Waals surface area contributed by atoms with Crippen molar-refractivity contribution < 1.29 is 14.5 Å². The number of para-hydroxylation sites is 2. The van der Waals surface area contributed by atoms with Gasteiger partial charge < -0.3 is 15.5 Å². The number of benzene rings is 1. The predicted molar refractivity (Wildman–Crippen MR) is 108 cm³/mol. The third-order valence-electron chi connectivity index (χ3n) is 5.01. The number of anilines is 1. The molecule has 0 aliphatic carbocycles. The number of hydrogen-bond donors (Lipinski definition) is 2. The molecule has 154 valence electrons. The number of likely N-dealkylation sites (tertiary alicyclic amines) is 1. The van der Waals surface area contributed by atoms with Gasteiger partial charge in [0.05, 0.1) is 17.4 Å². The SMILES string of the molecule is CCCCCCNC(=O)C1CCCN(C(=O)CNc2ccccc2[N+](=O)[O-])C1. The van der Waals surface area contributed by atoms with E-state index in [4.69, 9.17) is 0 Å². The average molecular weight is 390 g/mol. The van der Waals surface area contributed by atoms with Gasteiger partial charge in [-0.15, -0.1) is 0 Å². The highest BCUT2D eigenvalue weighted by molar-refractivity contribution is 5.84. The van der Waals surface area contributed by atoms with E-state index in [1.54, 1.807) is 23.1 Å². The van der Waals surface area contributed by atoms with Crippen LogP contribution in [0.2, 0.25) is 0 Å². The normalized spacial score (nSPS) is 16.5. The molecule has 1 fully saturated rings. The Morgan fingerprint density at radius 2 is 2.04 bits per heavy atom. The van der Waals surface area contributed by atoms with Crippen molar-refractivity contribution in [2.24, 2.45) is 5.92 Å². The summed E-state index contributed by atoms with van der Waals surface area (Å²) in [5.74, 6) is -0.325. The van der Waals surface area contributed by atoms with Crippen LogP contribution in [0.25, 0.3) is 0 Å². The first-order valence-electron chi connectivity index (χ1n) is 10.1. The van der Waals surface area contributed by atoms with E-state index in [0.29, 0.717) is 25.3 Å². The summed E-state index contributed by atoms with van der Waals surface area (Å²) in [5.41, 5.74) is 0.258. The summed E-state index contributed by atoms with van der Waals surface area (Å²) in [6.07, 6.45) is 5.99. The highest BCUT2D eigenvalue weighted by Crippen LogP contribution is 2.23. The second kappa shape index (κ2) is 11.3. The molecule has 2 rings (SSSR count). The van der Waals surface area contributed by atoms with Crippen molar-refractivity contribution in [2.45, 2.75) is 45.4 Å². The molecule has 28 heavy (non-hydrogen) atoms. The number of carbonyl (C=O) groups is 2. The standard InChI is InChI=1S/C20H30N4O4/c1-2-3-4-7-12-21-20(26)16-9-8-13-23(15-16)19(25)14-22-17-10-5-6-11-18(17)24(27)28/h5-6,10-11,16,22H,2-4,7-9,12-15H2,1H3,(H,21,26). The van der Waals surface area contributed by atoms with Crippen LogP contribution in [-0.4, -0.2) is 47.8 Å². The minimum absolute atomic E-state index is 0.0145. The summed E-state index contributed by atoms with van der Waals surface area (Å²) in [6, 6.07) is 6.24. The highest BCUT2D eigenvalue weighted by atomic mass is 16.6. The molecule has 1 aromatic rings. The molecule has 8 nitrogen and oxygen atoms in total. The van der Waals surface area contributed by atoms with Gasteiger partial charge in [0, 0.05) is 25.7 Å². The molecule has 0 radical (unpaired) electrons. The number of nitrogens with zero attached hydrogens (tertiary/aromatic N) is 2. The van der Waals surface area contributed by atoms with Crippen LogP contribution in [-0.2, 0) is 9.59 Å². The molecule has 0 bridgehead atoms. The average Bonchev–Trinajstić information content (AvgIpc) is 2.72. The van der Waals surface area contributed by atoms with Crippen LogP contribution in [0.5, 0.6) is 0 Å². The molecule has 0 spiro atoms. The zero-order valence-electron chi connectivity index (χ0n) is 16.5. The fraction of sp³-hybridized carbons (Fsp3) is 0.600. The van der Waals surface area contributed by atoms with Crippen molar-refractivity contribution in [2.75, 3.05) is 31.5 Å². The smallest absolute Gasteiger partial charge is 0.292 e. The van der Waals surface area contributed by atoms with Gasteiger partial charge in [0.25, 0.3) is 5.69 Å². The van der Waals surface area contributed by atoms with Crippen molar-refractivity contribution in [1.29, 1.82) is 0 Å². The Labute approximate surface area is 165 Å². The van der Waals surface area contributed by atoms with Gasteiger partial charge in [0.2, 0.25) is 11.8 Å². The first-order valence-corrected chi connectivity index (χ1v) is 10.1. The number of rotatable bonds is 10. The lowest BCUT2D eigenvalue weighted by Gasteiger charge is -2.32. The summed E-state index contributed by atoms with van der Waals surface area (Å²) < 4.78 is 0. The predicted octanol–water partition coefficient (Wildman–Crippen LogP) is 2.94. The lowest BCUT2D eigenvalue weighted by atomic mass is 9.97. The molecule has 1 aliphatic heterocycles. The Morgan fingerprint density at radius 3 is 2.79 bits per heavy atom. The third kappa shape index (κ3) is 6.51. The second-order valence-electron chi connectivity index (χ2n) is 7.16. The van der Waals surface area contributed by atoms with Crippen molar-refractivity contribution in [1.82, 2.24) is 10.2 Å². The zero-order valence-corrected chi connectivity index (χ0v) is 16.5. The van der Waals surface area contributed by atoms with Crippen LogP contribution in [0.15, 0.2) is 24.3 Å². The molecule has 1 atom stereocenters. The molecule has 1 saturated heterocycles. The lowest BCUT2D eigenvalue weighted by Crippen LogP contribution is -2.47. The van der Waals surface area contributed by atoms with E-state index in [0.717, 1.165) is 32.1 Å². The van der Waals surface area contributed by atoms with Crippen molar-refractivity contribution in [3.8, 4) is 0 Å². The number of nitrogens with one attached hydrogen (secondary N) is 2. The number of nitro groups is 1.